The van der Waals surface area contributed by atoms with Crippen LogP contribution in [0.1, 0.15) is 37.8 Å². The van der Waals surface area contributed by atoms with E-state index in [1.54, 1.807) is 0 Å². The van der Waals surface area contributed by atoms with Crippen molar-refractivity contribution >= 4 is 29.9 Å². The van der Waals surface area contributed by atoms with Gasteiger partial charge in [-0.3, -0.25) is 9.89 Å². The van der Waals surface area contributed by atoms with Crippen LogP contribution in [0.25, 0.3) is 0 Å². The molecule has 0 aliphatic carbocycles. The molecule has 148 valence electrons. The highest BCUT2D eigenvalue weighted by atomic mass is 127. The minimum atomic E-state index is 0. The van der Waals surface area contributed by atoms with E-state index in [9.17, 15) is 0 Å². The van der Waals surface area contributed by atoms with Crippen molar-refractivity contribution < 1.29 is 0 Å². The van der Waals surface area contributed by atoms with E-state index in [0.29, 0.717) is 12.0 Å². The predicted octanol–water partition coefficient (Wildman–Crippen LogP) is 1.76. The van der Waals surface area contributed by atoms with Crippen LogP contribution in [0.3, 0.4) is 0 Å². The molecule has 0 aromatic carbocycles. The first-order valence-corrected chi connectivity index (χ1v) is 9.66. The summed E-state index contributed by atoms with van der Waals surface area (Å²) in [6, 6.07) is 0.658. The van der Waals surface area contributed by atoms with Gasteiger partial charge in [-0.25, -0.2) is 0 Å². The minimum Gasteiger partial charge on any atom is -0.356 e. The lowest BCUT2D eigenvalue weighted by Crippen LogP contribution is -2.47. The Bertz CT molecular complexity index is 600. The molecule has 1 aromatic heterocycles. The second kappa shape index (κ2) is 9.87. The number of likely N-dealkylation sites (N-methyl/N-ethyl adjacent to an activating group) is 2. The van der Waals surface area contributed by atoms with E-state index in [2.05, 4.69) is 48.8 Å². The van der Waals surface area contributed by atoms with Gasteiger partial charge in [0.2, 0.25) is 0 Å². The maximum atomic E-state index is 4.50. The summed E-state index contributed by atoms with van der Waals surface area (Å²) in [5, 5.41) is 12.1. The Morgan fingerprint density at radius 1 is 1.35 bits per heavy atom. The first-order valence-electron chi connectivity index (χ1n) is 9.66. The van der Waals surface area contributed by atoms with Gasteiger partial charge < -0.3 is 14.8 Å². The standard InChI is InChI=1S/C18H33N7.HI/c1-5-24-10-6-7-16(24)13-23(4)18(19-3)20-11-15-8-9-17-22-21-14(2)25(17)12-15;/h15-16H,5-13H2,1-4H3,(H,19,20);1H. The molecule has 1 aromatic rings. The van der Waals surface area contributed by atoms with Crippen molar-refractivity contribution in [3.8, 4) is 0 Å². The molecule has 0 bridgehead atoms. The smallest absolute Gasteiger partial charge is 0.193 e. The van der Waals surface area contributed by atoms with Crippen LogP contribution < -0.4 is 5.32 Å². The third-order valence-corrected chi connectivity index (χ3v) is 5.74. The van der Waals surface area contributed by atoms with Crippen molar-refractivity contribution in [2.45, 2.75) is 52.1 Å². The van der Waals surface area contributed by atoms with E-state index in [1.165, 1.54) is 19.4 Å². The summed E-state index contributed by atoms with van der Waals surface area (Å²) in [5.74, 6) is 3.78. The normalized spacial score (nSPS) is 23.5. The molecule has 3 rings (SSSR count). The molecule has 2 aliphatic heterocycles. The zero-order chi connectivity index (χ0) is 17.8. The summed E-state index contributed by atoms with van der Waals surface area (Å²) >= 11 is 0. The van der Waals surface area contributed by atoms with Gasteiger partial charge >= 0.3 is 0 Å². The fourth-order valence-electron chi connectivity index (χ4n) is 4.24. The van der Waals surface area contributed by atoms with Crippen molar-refractivity contribution in [3.63, 3.8) is 0 Å². The molecule has 0 amide bonds. The first-order chi connectivity index (χ1) is 12.1. The quantitative estimate of drug-likeness (QED) is 0.400. The highest BCUT2D eigenvalue weighted by Crippen LogP contribution is 2.20. The summed E-state index contributed by atoms with van der Waals surface area (Å²) in [6.45, 7) is 9.70. The first kappa shape index (κ1) is 21.4. The number of nitrogens with one attached hydrogen (secondary N) is 1. The van der Waals surface area contributed by atoms with Crippen molar-refractivity contribution in [2.24, 2.45) is 10.9 Å². The third kappa shape index (κ3) is 4.88. The Kier molecular flexibility index (Phi) is 8.12. The van der Waals surface area contributed by atoms with E-state index < -0.39 is 0 Å². The third-order valence-electron chi connectivity index (χ3n) is 5.74. The second-order valence-corrected chi connectivity index (χ2v) is 7.41. The zero-order valence-electron chi connectivity index (χ0n) is 16.6. The molecule has 2 unspecified atom stereocenters. The Hall–Kier alpha value is -0.900. The number of halogens is 1. The predicted molar refractivity (Wildman–Crippen MR) is 116 cm³/mol. The molecule has 2 atom stereocenters. The molecule has 0 radical (unpaired) electrons. The monoisotopic (exact) mass is 475 g/mol. The van der Waals surface area contributed by atoms with Crippen molar-refractivity contribution in [1.82, 2.24) is 29.9 Å². The minimum absolute atomic E-state index is 0. The number of likely N-dealkylation sites (tertiary alicyclic amines) is 1. The van der Waals surface area contributed by atoms with Crippen LogP contribution in [0.4, 0.5) is 0 Å². The van der Waals surface area contributed by atoms with E-state index in [4.69, 9.17) is 0 Å². The molecule has 0 spiro atoms. The lowest BCUT2D eigenvalue weighted by Gasteiger charge is -2.31. The van der Waals surface area contributed by atoms with Crippen molar-refractivity contribution in [1.29, 1.82) is 0 Å². The fraction of sp³-hybridized carbons (Fsp3) is 0.833. The van der Waals surface area contributed by atoms with Gasteiger partial charge in [-0.15, -0.1) is 34.2 Å². The maximum Gasteiger partial charge on any atom is 0.193 e. The van der Waals surface area contributed by atoms with Crippen LogP contribution in [-0.2, 0) is 13.0 Å². The van der Waals surface area contributed by atoms with Gasteiger partial charge in [-0.1, -0.05) is 6.92 Å². The number of fused-ring (bicyclic) bond motifs is 1. The molecule has 26 heavy (non-hydrogen) atoms. The van der Waals surface area contributed by atoms with E-state index in [1.807, 2.05) is 14.0 Å². The number of aryl methyl sites for hydroxylation is 2. The largest absolute Gasteiger partial charge is 0.356 e. The molecule has 2 aliphatic rings. The van der Waals surface area contributed by atoms with Crippen molar-refractivity contribution in [2.75, 3.05) is 40.3 Å². The van der Waals surface area contributed by atoms with E-state index in [-0.39, 0.29) is 24.0 Å². The molecule has 8 heteroatoms. The van der Waals surface area contributed by atoms with Crippen LogP contribution in [0.5, 0.6) is 0 Å². The number of nitrogens with zero attached hydrogens (tertiary/aromatic N) is 6. The Morgan fingerprint density at radius 2 is 2.15 bits per heavy atom. The van der Waals surface area contributed by atoms with Gasteiger partial charge in [0.1, 0.15) is 11.6 Å². The van der Waals surface area contributed by atoms with Crippen LogP contribution in [0.15, 0.2) is 4.99 Å². The molecular formula is C18H34IN7. The zero-order valence-corrected chi connectivity index (χ0v) is 18.9. The number of aliphatic imine (C=N–C) groups is 1. The van der Waals surface area contributed by atoms with Crippen LogP contribution in [0, 0.1) is 12.8 Å². The molecule has 0 saturated carbocycles. The lowest BCUT2D eigenvalue weighted by atomic mass is 9.99. The van der Waals surface area contributed by atoms with Gasteiger partial charge in [0.25, 0.3) is 0 Å². The maximum absolute atomic E-state index is 4.50. The summed E-state index contributed by atoms with van der Waals surface area (Å²) < 4.78 is 2.26. The number of hydrogen-bond acceptors (Lipinski definition) is 4. The molecule has 3 heterocycles. The van der Waals surface area contributed by atoms with E-state index >= 15 is 0 Å². The average Bonchev–Trinajstić information content (AvgIpc) is 3.22. The molecule has 1 N–H and O–H groups in total. The fourth-order valence-corrected chi connectivity index (χ4v) is 4.24. The molecule has 1 saturated heterocycles. The van der Waals surface area contributed by atoms with Gasteiger partial charge in [0.05, 0.1) is 0 Å². The van der Waals surface area contributed by atoms with E-state index in [0.717, 1.165) is 56.6 Å². The summed E-state index contributed by atoms with van der Waals surface area (Å²) in [4.78, 5) is 9.37. The number of aromatic nitrogens is 3. The topological polar surface area (TPSA) is 61.6 Å². The molecular weight excluding hydrogens is 441 g/mol. The lowest BCUT2D eigenvalue weighted by molar-refractivity contribution is 0.232. The van der Waals surface area contributed by atoms with Crippen molar-refractivity contribution in [3.05, 3.63) is 11.6 Å². The molecule has 1 fully saturated rings. The average molecular weight is 475 g/mol. The van der Waals surface area contributed by atoms with Gasteiger partial charge in [-0.05, 0) is 45.2 Å². The Labute approximate surface area is 174 Å². The van der Waals surface area contributed by atoms with Gasteiger partial charge in [0.15, 0.2) is 5.96 Å². The number of guanidine groups is 1. The Morgan fingerprint density at radius 3 is 2.88 bits per heavy atom. The van der Waals surface area contributed by atoms with Crippen LogP contribution in [0.2, 0.25) is 0 Å². The SMILES string of the molecule is CCN1CCCC1CN(C)C(=NC)NCC1CCc2nnc(C)n2C1.I. The summed E-state index contributed by atoms with van der Waals surface area (Å²) in [7, 11) is 4.04. The Balaban J connectivity index is 0.00000243. The molecule has 7 nitrogen and oxygen atoms in total. The summed E-state index contributed by atoms with van der Waals surface area (Å²) in [6.07, 6.45) is 4.81. The highest BCUT2D eigenvalue weighted by Gasteiger charge is 2.26. The highest BCUT2D eigenvalue weighted by molar-refractivity contribution is 14.0. The van der Waals surface area contributed by atoms with Gasteiger partial charge in [0, 0.05) is 46.2 Å². The number of hydrogen-bond donors (Lipinski definition) is 1. The van der Waals surface area contributed by atoms with Crippen LogP contribution in [-0.4, -0.2) is 76.8 Å². The summed E-state index contributed by atoms with van der Waals surface area (Å²) in [5.41, 5.74) is 0. The number of rotatable bonds is 5. The van der Waals surface area contributed by atoms with Gasteiger partial charge in [-0.2, -0.15) is 0 Å². The second-order valence-electron chi connectivity index (χ2n) is 7.41. The van der Waals surface area contributed by atoms with Crippen LogP contribution >= 0.6 is 24.0 Å².